The van der Waals surface area contributed by atoms with Crippen LogP contribution in [0.1, 0.15) is 26.4 Å². The first-order valence-electron chi connectivity index (χ1n) is 6.80. The van der Waals surface area contributed by atoms with Crippen molar-refractivity contribution in [3.05, 3.63) is 51.9 Å². The molecule has 0 amide bonds. The van der Waals surface area contributed by atoms with E-state index in [1.165, 1.54) is 15.9 Å². The summed E-state index contributed by atoms with van der Waals surface area (Å²) in [5, 5.41) is 9.09. The Labute approximate surface area is 132 Å². The van der Waals surface area contributed by atoms with Crippen LogP contribution in [0.4, 0.5) is 0 Å². The van der Waals surface area contributed by atoms with Gasteiger partial charge in [0.15, 0.2) is 0 Å². The molecule has 1 aromatic heterocycles. The fourth-order valence-corrected chi connectivity index (χ4v) is 5.55. The lowest BCUT2D eigenvalue weighted by molar-refractivity contribution is 0.0701. The van der Waals surface area contributed by atoms with Gasteiger partial charge in [0.2, 0.25) is 0 Å². The zero-order chi connectivity index (χ0) is 15.9. The molecule has 116 valence electrons. The Hall–Kier alpha value is -1.70. The Bertz CT molecular complexity index is 839. The number of fused-ring (bicyclic) bond motifs is 1. The number of hydrogen-bond acceptors (Lipinski definition) is 4. The molecule has 0 saturated heterocycles. The number of aryl methyl sites for hydroxylation is 1. The van der Waals surface area contributed by atoms with Gasteiger partial charge >= 0.3 is 5.97 Å². The highest BCUT2D eigenvalue weighted by molar-refractivity contribution is 7.91. The van der Waals surface area contributed by atoms with E-state index in [0.717, 1.165) is 16.9 Å². The zero-order valence-electron chi connectivity index (χ0n) is 11.9. The summed E-state index contributed by atoms with van der Waals surface area (Å²) in [6, 6.07) is 9.23. The largest absolute Gasteiger partial charge is 0.477 e. The van der Waals surface area contributed by atoms with Crippen molar-refractivity contribution in [3.63, 3.8) is 0 Å². The average molecular weight is 337 g/mol. The Morgan fingerprint density at radius 1 is 1.27 bits per heavy atom. The minimum Gasteiger partial charge on any atom is -0.477 e. The van der Waals surface area contributed by atoms with E-state index in [1.807, 2.05) is 24.3 Å². The van der Waals surface area contributed by atoms with Gasteiger partial charge in [0.25, 0.3) is 10.0 Å². The fourth-order valence-electron chi connectivity index (χ4n) is 2.59. The highest BCUT2D eigenvalue weighted by Gasteiger charge is 2.30. The molecule has 1 aliphatic heterocycles. The minimum atomic E-state index is -3.65. The third kappa shape index (κ3) is 2.55. The van der Waals surface area contributed by atoms with Crippen LogP contribution in [-0.2, 0) is 23.0 Å². The lowest BCUT2D eigenvalue weighted by Crippen LogP contribution is -2.35. The molecule has 0 radical (unpaired) electrons. The third-order valence-corrected chi connectivity index (χ3v) is 7.30. The summed E-state index contributed by atoms with van der Waals surface area (Å²) in [7, 11) is -3.65. The Balaban J connectivity index is 1.94. The van der Waals surface area contributed by atoms with Crippen LogP contribution in [0.15, 0.2) is 34.5 Å². The van der Waals surface area contributed by atoms with Gasteiger partial charge in [-0.3, -0.25) is 0 Å². The second-order valence-electron chi connectivity index (χ2n) is 5.24. The van der Waals surface area contributed by atoms with Crippen molar-refractivity contribution < 1.29 is 18.3 Å². The molecule has 7 heteroatoms. The van der Waals surface area contributed by atoms with E-state index < -0.39 is 16.0 Å². The van der Waals surface area contributed by atoms with Crippen molar-refractivity contribution in [2.24, 2.45) is 0 Å². The van der Waals surface area contributed by atoms with E-state index in [0.29, 0.717) is 25.1 Å². The molecule has 0 aliphatic carbocycles. The van der Waals surface area contributed by atoms with Crippen molar-refractivity contribution in [1.29, 1.82) is 0 Å². The van der Waals surface area contributed by atoms with Crippen LogP contribution in [0.25, 0.3) is 0 Å². The topological polar surface area (TPSA) is 74.7 Å². The smallest absolute Gasteiger partial charge is 0.346 e. The van der Waals surface area contributed by atoms with Gasteiger partial charge in [-0.25, -0.2) is 13.2 Å². The van der Waals surface area contributed by atoms with Crippen molar-refractivity contribution in [3.8, 4) is 0 Å². The normalized spacial score (nSPS) is 15.5. The first kappa shape index (κ1) is 15.2. The molecule has 0 spiro atoms. The lowest BCUT2D eigenvalue weighted by Gasteiger charge is -2.27. The predicted octanol–water partition coefficient (Wildman–Crippen LogP) is 2.50. The summed E-state index contributed by atoms with van der Waals surface area (Å²) in [6.07, 6.45) is 0.672. The van der Waals surface area contributed by atoms with E-state index in [2.05, 4.69) is 0 Å². The monoisotopic (exact) mass is 337 g/mol. The van der Waals surface area contributed by atoms with Gasteiger partial charge in [-0.2, -0.15) is 4.31 Å². The number of hydrogen-bond donors (Lipinski definition) is 1. The van der Waals surface area contributed by atoms with Gasteiger partial charge in [-0.15, -0.1) is 11.3 Å². The summed E-state index contributed by atoms with van der Waals surface area (Å²) in [6.45, 7) is 2.36. The Morgan fingerprint density at radius 2 is 1.95 bits per heavy atom. The first-order chi connectivity index (χ1) is 10.4. The summed E-state index contributed by atoms with van der Waals surface area (Å²) < 4.78 is 27.0. The molecule has 3 rings (SSSR count). The summed E-state index contributed by atoms with van der Waals surface area (Å²) >= 11 is 0.820. The number of sulfonamides is 1. The number of carboxylic acids is 1. The Kier molecular flexibility index (Phi) is 3.80. The van der Waals surface area contributed by atoms with Crippen LogP contribution in [-0.4, -0.2) is 30.3 Å². The van der Waals surface area contributed by atoms with Crippen LogP contribution >= 0.6 is 11.3 Å². The van der Waals surface area contributed by atoms with E-state index >= 15 is 0 Å². The predicted molar refractivity (Wildman–Crippen MR) is 83.8 cm³/mol. The number of aromatic carboxylic acids is 1. The van der Waals surface area contributed by atoms with Crippen molar-refractivity contribution >= 4 is 27.3 Å². The minimum absolute atomic E-state index is 0.0796. The standard InChI is InChI=1S/C15H15NO4S2/c1-10-8-13(21-14(10)15(17)18)22(19,20)16-7-6-11-4-2-3-5-12(11)9-16/h2-5,8H,6-7,9H2,1H3,(H,17,18). The average Bonchev–Trinajstić information content (AvgIpc) is 2.89. The summed E-state index contributed by atoms with van der Waals surface area (Å²) in [5.74, 6) is -1.09. The van der Waals surface area contributed by atoms with Gasteiger partial charge in [-0.05, 0) is 36.1 Å². The fraction of sp³-hybridized carbons (Fsp3) is 0.267. The highest BCUT2D eigenvalue weighted by atomic mass is 32.2. The van der Waals surface area contributed by atoms with Crippen LogP contribution in [0.2, 0.25) is 0 Å². The number of nitrogens with zero attached hydrogens (tertiary/aromatic N) is 1. The number of carboxylic acid groups (broad SMARTS) is 1. The second kappa shape index (κ2) is 5.49. The molecule has 1 aromatic carbocycles. The maximum absolute atomic E-state index is 12.7. The van der Waals surface area contributed by atoms with Crippen LogP contribution in [0.5, 0.6) is 0 Å². The molecule has 0 unspecified atom stereocenters. The molecule has 0 fully saturated rings. The Morgan fingerprint density at radius 3 is 2.59 bits per heavy atom. The van der Waals surface area contributed by atoms with Crippen LogP contribution < -0.4 is 0 Å². The summed E-state index contributed by atoms with van der Waals surface area (Å²) in [5.41, 5.74) is 2.65. The van der Waals surface area contributed by atoms with Crippen molar-refractivity contribution in [1.82, 2.24) is 4.31 Å². The maximum atomic E-state index is 12.7. The zero-order valence-corrected chi connectivity index (χ0v) is 13.6. The van der Waals surface area contributed by atoms with Crippen molar-refractivity contribution in [2.45, 2.75) is 24.1 Å². The highest BCUT2D eigenvalue weighted by Crippen LogP contribution is 2.31. The molecule has 1 aliphatic rings. The molecule has 0 bridgehead atoms. The molecule has 22 heavy (non-hydrogen) atoms. The number of thiophene rings is 1. The molecule has 2 heterocycles. The number of carbonyl (C=O) groups is 1. The molecule has 2 aromatic rings. The van der Waals surface area contributed by atoms with Gasteiger partial charge < -0.3 is 5.11 Å². The number of benzene rings is 1. The third-order valence-electron chi connectivity index (χ3n) is 3.78. The van der Waals surface area contributed by atoms with E-state index in [9.17, 15) is 13.2 Å². The molecule has 0 atom stereocenters. The summed E-state index contributed by atoms with van der Waals surface area (Å²) in [4.78, 5) is 11.2. The van der Waals surface area contributed by atoms with Crippen molar-refractivity contribution in [2.75, 3.05) is 6.54 Å². The van der Waals surface area contributed by atoms with Gasteiger partial charge in [0, 0.05) is 13.1 Å². The van der Waals surface area contributed by atoms with Gasteiger partial charge in [0.1, 0.15) is 9.09 Å². The maximum Gasteiger partial charge on any atom is 0.346 e. The molecule has 0 saturated carbocycles. The second-order valence-corrected chi connectivity index (χ2v) is 8.46. The van der Waals surface area contributed by atoms with E-state index in [1.54, 1.807) is 6.92 Å². The van der Waals surface area contributed by atoms with Gasteiger partial charge in [0.05, 0.1) is 0 Å². The van der Waals surface area contributed by atoms with Crippen LogP contribution in [0.3, 0.4) is 0 Å². The lowest BCUT2D eigenvalue weighted by atomic mass is 10.0. The van der Waals surface area contributed by atoms with Crippen LogP contribution in [0, 0.1) is 6.92 Å². The quantitative estimate of drug-likeness (QED) is 0.934. The van der Waals surface area contributed by atoms with Gasteiger partial charge in [-0.1, -0.05) is 24.3 Å². The molecule has 1 N–H and O–H groups in total. The molecule has 5 nitrogen and oxygen atoms in total. The first-order valence-corrected chi connectivity index (χ1v) is 9.06. The molecular weight excluding hydrogens is 322 g/mol. The van der Waals surface area contributed by atoms with E-state index in [-0.39, 0.29) is 9.09 Å². The SMILES string of the molecule is Cc1cc(S(=O)(=O)N2CCc3ccccc3C2)sc1C(=O)O. The van der Waals surface area contributed by atoms with E-state index in [4.69, 9.17) is 5.11 Å². The molecular formula is C15H15NO4S2. The number of rotatable bonds is 3.